The van der Waals surface area contributed by atoms with E-state index in [1.165, 1.54) is 0 Å². The standard InChI is InChI=1S/C10H15N3O2/c1-8(10(14)15)7-11-5-3-9-4-6-12-13(9)2/h4,6,11H,1,3,5,7H2,2H3,(H,14,15). The molecule has 0 aliphatic carbocycles. The summed E-state index contributed by atoms with van der Waals surface area (Å²) in [4.78, 5) is 10.4. The first-order valence-corrected chi connectivity index (χ1v) is 4.70. The number of carboxylic acids is 1. The number of carboxylic acid groups (broad SMARTS) is 1. The Morgan fingerprint density at radius 1 is 1.73 bits per heavy atom. The predicted molar refractivity (Wildman–Crippen MR) is 56.6 cm³/mol. The third kappa shape index (κ3) is 3.55. The molecule has 0 saturated heterocycles. The fraction of sp³-hybridized carbons (Fsp3) is 0.400. The van der Waals surface area contributed by atoms with Gasteiger partial charge in [-0.2, -0.15) is 5.10 Å². The Morgan fingerprint density at radius 3 is 3.00 bits per heavy atom. The third-order valence-corrected chi connectivity index (χ3v) is 2.12. The molecule has 5 heteroatoms. The monoisotopic (exact) mass is 209 g/mol. The first-order valence-electron chi connectivity index (χ1n) is 4.70. The van der Waals surface area contributed by atoms with Crippen LogP contribution in [0.4, 0.5) is 0 Å². The summed E-state index contributed by atoms with van der Waals surface area (Å²) < 4.78 is 1.80. The molecule has 0 fully saturated rings. The first-order chi connectivity index (χ1) is 7.11. The summed E-state index contributed by atoms with van der Waals surface area (Å²) in [6, 6.07) is 1.94. The van der Waals surface area contributed by atoms with E-state index >= 15 is 0 Å². The smallest absolute Gasteiger partial charge is 0.332 e. The number of aryl methyl sites for hydroxylation is 1. The largest absolute Gasteiger partial charge is 0.478 e. The molecule has 1 heterocycles. The minimum Gasteiger partial charge on any atom is -0.478 e. The Balaban J connectivity index is 2.20. The number of hydrogen-bond donors (Lipinski definition) is 2. The molecular weight excluding hydrogens is 194 g/mol. The highest BCUT2D eigenvalue weighted by Crippen LogP contribution is 1.96. The zero-order valence-corrected chi connectivity index (χ0v) is 8.73. The van der Waals surface area contributed by atoms with E-state index in [2.05, 4.69) is 17.0 Å². The van der Waals surface area contributed by atoms with E-state index in [1.54, 1.807) is 10.9 Å². The van der Waals surface area contributed by atoms with Crippen molar-refractivity contribution in [1.29, 1.82) is 0 Å². The van der Waals surface area contributed by atoms with Crippen molar-refractivity contribution >= 4 is 5.97 Å². The molecule has 0 aromatic carbocycles. The lowest BCUT2D eigenvalue weighted by atomic mass is 10.3. The Hall–Kier alpha value is -1.62. The maximum atomic E-state index is 10.4. The van der Waals surface area contributed by atoms with Gasteiger partial charge in [0.05, 0.1) is 0 Å². The SMILES string of the molecule is C=C(CNCCc1ccnn1C)C(=O)O. The molecule has 0 spiro atoms. The zero-order chi connectivity index (χ0) is 11.3. The van der Waals surface area contributed by atoms with Gasteiger partial charge in [-0.15, -0.1) is 0 Å². The van der Waals surface area contributed by atoms with Crippen LogP contribution in [0, 0.1) is 0 Å². The van der Waals surface area contributed by atoms with Crippen LogP contribution < -0.4 is 5.32 Å². The molecule has 0 bridgehead atoms. The number of aliphatic carboxylic acids is 1. The molecule has 15 heavy (non-hydrogen) atoms. The summed E-state index contributed by atoms with van der Waals surface area (Å²) in [6.07, 6.45) is 2.56. The van der Waals surface area contributed by atoms with Crippen molar-refractivity contribution in [3.8, 4) is 0 Å². The van der Waals surface area contributed by atoms with E-state index in [1.807, 2.05) is 13.1 Å². The lowest BCUT2D eigenvalue weighted by molar-refractivity contribution is -0.132. The second kappa shape index (κ2) is 5.31. The summed E-state index contributed by atoms with van der Waals surface area (Å²) in [5.74, 6) is -0.956. The van der Waals surface area contributed by atoms with Crippen LogP contribution in [0.15, 0.2) is 24.4 Å². The molecule has 0 atom stereocenters. The van der Waals surface area contributed by atoms with Gasteiger partial charge in [-0.3, -0.25) is 4.68 Å². The van der Waals surface area contributed by atoms with Gasteiger partial charge in [-0.25, -0.2) is 4.79 Å². The van der Waals surface area contributed by atoms with E-state index in [0.29, 0.717) is 13.1 Å². The molecule has 0 aliphatic heterocycles. The molecule has 2 N–H and O–H groups in total. The van der Waals surface area contributed by atoms with Gasteiger partial charge in [0.15, 0.2) is 0 Å². The van der Waals surface area contributed by atoms with Crippen LogP contribution in [0.2, 0.25) is 0 Å². The highest BCUT2D eigenvalue weighted by atomic mass is 16.4. The summed E-state index contributed by atoms with van der Waals surface area (Å²) in [5.41, 5.74) is 1.29. The Kier molecular flexibility index (Phi) is 4.05. The van der Waals surface area contributed by atoms with Crippen molar-refractivity contribution in [3.63, 3.8) is 0 Å². The molecule has 0 aliphatic rings. The van der Waals surface area contributed by atoms with E-state index in [-0.39, 0.29) is 5.57 Å². The summed E-state index contributed by atoms with van der Waals surface area (Å²) in [6.45, 7) is 4.45. The Labute approximate surface area is 88.4 Å². The van der Waals surface area contributed by atoms with Gasteiger partial charge in [-0.05, 0) is 6.07 Å². The third-order valence-electron chi connectivity index (χ3n) is 2.12. The van der Waals surface area contributed by atoms with Crippen molar-refractivity contribution in [2.45, 2.75) is 6.42 Å². The van der Waals surface area contributed by atoms with Crippen LogP contribution in [0.3, 0.4) is 0 Å². The van der Waals surface area contributed by atoms with Gasteiger partial charge in [0.25, 0.3) is 0 Å². The van der Waals surface area contributed by atoms with E-state index < -0.39 is 5.97 Å². The lowest BCUT2D eigenvalue weighted by Crippen LogP contribution is -2.23. The highest BCUT2D eigenvalue weighted by molar-refractivity contribution is 5.86. The van der Waals surface area contributed by atoms with E-state index in [4.69, 9.17) is 5.11 Å². The number of nitrogens with one attached hydrogen (secondary N) is 1. The summed E-state index contributed by atoms with van der Waals surface area (Å²) in [7, 11) is 1.88. The average Bonchev–Trinajstić information content (AvgIpc) is 2.58. The molecule has 1 aromatic heterocycles. The zero-order valence-electron chi connectivity index (χ0n) is 8.73. The van der Waals surface area contributed by atoms with Gasteiger partial charge in [0.2, 0.25) is 0 Å². The maximum absolute atomic E-state index is 10.4. The van der Waals surface area contributed by atoms with Gasteiger partial charge in [0, 0.05) is 44.0 Å². The Bertz CT molecular complexity index is 357. The van der Waals surface area contributed by atoms with Crippen LogP contribution in [-0.4, -0.2) is 33.9 Å². The van der Waals surface area contributed by atoms with Crippen molar-refractivity contribution in [2.24, 2.45) is 7.05 Å². The number of aromatic nitrogens is 2. The van der Waals surface area contributed by atoms with Crippen molar-refractivity contribution in [1.82, 2.24) is 15.1 Å². The second-order valence-electron chi connectivity index (χ2n) is 3.28. The lowest BCUT2D eigenvalue weighted by Gasteiger charge is -2.04. The molecule has 0 unspecified atom stereocenters. The predicted octanol–water partition coefficient (Wildman–Crippen LogP) is 0.193. The van der Waals surface area contributed by atoms with Crippen LogP contribution in [0.25, 0.3) is 0 Å². The Morgan fingerprint density at radius 2 is 2.47 bits per heavy atom. The molecule has 1 aromatic rings. The molecule has 0 radical (unpaired) electrons. The van der Waals surface area contributed by atoms with Crippen LogP contribution in [0.1, 0.15) is 5.69 Å². The first kappa shape index (κ1) is 11.5. The van der Waals surface area contributed by atoms with Gasteiger partial charge < -0.3 is 10.4 Å². The fourth-order valence-corrected chi connectivity index (χ4v) is 1.18. The minimum absolute atomic E-state index is 0.181. The molecule has 0 amide bonds. The topological polar surface area (TPSA) is 67.2 Å². The average molecular weight is 209 g/mol. The number of hydrogen-bond acceptors (Lipinski definition) is 3. The van der Waals surface area contributed by atoms with E-state index in [0.717, 1.165) is 12.1 Å². The maximum Gasteiger partial charge on any atom is 0.332 e. The molecule has 0 saturated carbocycles. The molecular formula is C10H15N3O2. The number of rotatable bonds is 6. The minimum atomic E-state index is -0.956. The van der Waals surface area contributed by atoms with E-state index in [9.17, 15) is 4.79 Å². The van der Waals surface area contributed by atoms with Crippen molar-refractivity contribution in [3.05, 3.63) is 30.1 Å². The highest BCUT2D eigenvalue weighted by Gasteiger charge is 2.03. The quantitative estimate of drug-likeness (QED) is 0.518. The molecule has 1 rings (SSSR count). The number of nitrogens with zero attached hydrogens (tertiary/aromatic N) is 2. The molecule has 82 valence electrons. The molecule has 5 nitrogen and oxygen atoms in total. The second-order valence-corrected chi connectivity index (χ2v) is 3.28. The summed E-state index contributed by atoms with van der Waals surface area (Å²) >= 11 is 0. The van der Waals surface area contributed by atoms with Gasteiger partial charge in [-0.1, -0.05) is 6.58 Å². The van der Waals surface area contributed by atoms with Crippen LogP contribution in [-0.2, 0) is 18.3 Å². The van der Waals surface area contributed by atoms with Crippen molar-refractivity contribution in [2.75, 3.05) is 13.1 Å². The normalized spacial score (nSPS) is 10.2. The van der Waals surface area contributed by atoms with Gasteiger partial charge >= 0.3 is 5.97 Å². The van der Waals surface area contributed by atoms with Crippen LogP contribution >= 0.6 is 0 Å². The fourth-order valence-electron chi connectivity index (χ4n) is 1.18. The summed E-state index contributed by atoms with van der Waals surface area (Å²) in [5, 5.41) is 15.6. The van der Waals surface area contributed by atoms with Gasteiger partial charge in [0.1, 0.15) is 0 Å². The van der Waals surface area contributed by atoms with Crippen molar-refractivity contribution < 1.29 is 9.90 Å². The number of carbonyl (C=O) groups is 1. The van der Waals surface area contributed by atoms with Crippen LogP contribution in [0.5, 0.6) is 0 Å².